The van der Waals surface area contributed by atoms with E-state index in [9.17, 15) is 4.39 Å². The van der Waals surface area contributed by atoms with E-state index in [1.165, 1.54) is 19.3 Å². The Bertz CT molecular complexity index is 421. The van der Waals surface area contributed by atoms with Crippen LogP contribution in [-0.2, 0) is 0 Å². The molecule has 1 saturated carbocycles. The van der Waals surface area contributed by atoms with E-state index in [1.807, 2.05) is 6.07 Å². The number of hydrogen-bond donors (Lipinski definition) is 2. The zero-order valence-electron chi connectivity index (χ0n) is 12.2. The van der Waals surface area contributed by atoms with Crippen LogP contribution in [-0.4, -0.2) is 23.4 Å². The zero-order chi connectivity index (χ0) is 14.5. The molecule has 0 bridgehead atoms. The number of aliphatic hydroxyl groups is 2. The maximum atomic E-state index is 14.1. The zero-order valence-corrected chi connectivity index (χ0v) is 12.2. The lowest BCUT2D eigenvalue weighted by Gasteiger charge is -2.28. The first-order chi connectivity index (χ1) is 9.69. The largest absolute Gasteiger partial charge is 0.396 e. The van der Waals surface area contributed by atoms with Gasteiger partial charge in [-0.15, -0.1) is 0 Å². The van der Waals surface area contributed by atoms with Crippen molar-refractivity contribution < 1.29 is 14.6 Å². The minimum atomic E-state index is -0.514. The third kappa shape index (κ3) is 3.39. The maximum absolute atomic E-state index is 14.1. The number of benzene rings is 1. The van der Waals surface area contributed by atoms with Crippen molar-refractivity contribution in [2.75, 3.05) is 13.2 Å². The topological polar surface area (TPSA) is 40.5 Å². The quantitative estimate of drug-likeness (QED) is 0.865. The van der Waals surface area contributed by atoms with E-state index in [1.54, 1.807) is 12.1 Å². The van der Waals surface area contributed by atoms with Crippen molar-refractivity contribution in [3.63, 3.8) is 0 Å². The maximum Gasteiger partial charge on any atom is 0.127 e. The van der Waals surface area contributed by atoms with E-state index in [2.05, 4.69) is 6.92 Å². The summed E-state index contributed by atoms with van der Waals surface area (Å²) in [5, 5.41) is 18.3. The second kappa shape index (κ2) is 7.19. The van der Waals surface area contributed by atoms with Crippen LogP contribution < -0.4 is 0 Å². The molecule has 2 nitrogen and oxygen atoms in total. The van der Waals surface area contributed by atoms with Crippen LogP contribution in [0.5, 0.6) is 0 Å². The van der Waals surface area contributed by atoms with Crippen LogP contribution in [0.3, 0.4) is 0 Å². The predicted molar refractivity (Wildman–Crippen MR) is 78.3 cm³/mol. The molecule has 0 unspecified atom stereocenters. The van der Waals surface area contributed by atoms with Gasteiger partial charge in [-0.3, -0.25) is 0 Å². The molecule has 1 aromatic rings. The van der Waals surface area contributed by atoms with Gasteiger partial charge in [0.15, 0.2) is 0 Å². The summed E-state index contributed by atoms with van der Waals surface area (Å²) in [6.07, 6.45) is 6.00. The van der Waals surface area contributed by atoms with Crippen LogP contribution in [0.4, 0.5) is 4.39 Å². The second-order valence-corrected chi connectivity index (χ2v) is 5.97. The van der Waals surface area contributed by atoms with Crippen molar-refractivity contribution in [1.82, 2.24) is 0 Å². The highest BCUT2D eigenvalue weighted by Gasteiger charge is 2.23. The van der Waals surface area contributed by atoms with Gasteiger partial charge in [-0.25, -0.2) is 4.39 Å². The minimum Gasteiger partial charge on any atom is -0.396 e. The van der Waals surface area contributed by atoms with Gasteiger partial charge < -0.3 is 10.2 Å². The van der Waals surface area contributed by atoms with E-state index in [0.29, 0.717) is 11.5 Å². The van der Waals surface area contributed by atoms with Crippen LogP contribution in [0.15, 0.2) is 18.2 Å². The number of halogens is 1. The molecule has 0 spiro atoms. The van der Waals surface area contributed by atoms with E-state index >= 15 is 0 Å². The van der Waals surface area contributed by atoms with Gasteiger partial charge in [0, 0.05) is 5.92 Å². The monoisotopic (exact) mass is 280 g/mol. The molecule has 0 atom stereocenters. The molecule has 0 aliphatic heterocycles. The fourth-order valence-corrected chi connectivity index (χ4v) is 3.29. The molecule has 1 fully saturated rings. The van der Waals surface area contributed by atoms with Gasteiger partial charge in [0.05, 0.1) is 13.2 Å². The fraction of sp³-hybridized carbons (Fsp3) is 0.647. The van der Waals surface area contributed by atoms with Gasteiger partial charge in [-0.05, 0) is 54.7 Å². The molecule has 0 radical (unpaired) electrons. The lowest BCUT2D eigenvalue weighted by molar-refractivity contribution is 0.190. The van der Waals surface area contributed by atoms with Gasteiger partial charge in [0.1, 0.15) is 5.82 Å². The lowest BCUT2D eigenvalue weighted by Crippen LogP contribution is -2.14. The highest BCUT2D eigenvalue weighted by Crippen LogP contribution is 2.37. The SMILES string of the molecule is CCC1CCC(c2ccc(C(CO)CO)c(F)c2)CC1. The molecule has 20 heavy (non-hydrogen) atoms. The third-order valence-corrected chi connectivity index (χ3v) is 4.80. The lowest BCUT2D eigenvalue weighted by atomic mass is 9.77. The van der Waals surface area contributed by atoms with Crippen molar-refractivity contribution in [3.8, 4) is 0 Å². The second-order valence-electron chi connectivity index (χ2n) is 5.97. The summed E-state index contributed by atoms with van der Waals surface area (Å²) in [5.74, 6) is 0.486. The highest BCUT2D eigenvalue weighted by molar-refractivity contribution is 5.30. The Labute approximate surface area is 120 Å². The molecule has 1 aliphatic carbocycles. The van der Waals surface area contributed by atoms with Crippen molar-refractivity contribution in [3.05, 3.63) is 35.1 Å². The first kappa shape index (κ1) is 15.5. The molecule has 1 aromatic carbocycles. The molecular formula is C17H25FO2. The normalized spacial score (nSPS) is 23.2. The summed E-state index contributed by atoms with van der Waals surface area (Å²) in [7, 11) is 0. The van der Waals surface area contributed by atoms with Gasteiger partial charge >= 0.3 is 0 Å². The van der Waals surface area contributed by atoms with Crippen molar-refractivity contribution in [2.24, 2.45) is 5.92 Å². The van der Waals surface area contributed by atoms with Gasteiger partial charge in [0.25, 0.3) is 0 Å². The molecule has 3 heteroatoms. The number of aliphatic hydroxyl groups excluding tert-OH is 2. The predicted octanol–water partition coefficient (Wildman–Crippen LogP) is 3.58. The smallest absolute Gasteiger partial charge is 0.127 e. The van der Waals surface area contributed by atoms with E-state index in [4.69, 9.17) is 10.2 Å². The van der Waals surface area contributed by atoms with Crippen molar-refractivity contribution in [1.29, 1.82) is 0 Å². The molecule has 0 aromatic heterocycles. The molecule has 2 rings (SSSR count). The Morgan fingerprint density at radius 3 is 2.30 bits per heavy atom. The van der Waals surface area contributed by atoms with Crippen LogP contribution in [0.1, 0.15) is 62.0 Å². The molecule has 0 heterocycles. The number of rotatable bonds is 5. The van der Waals surface area contributed by atoms with Crippen LogP contribution in [0, 0.1) is 11.7 Å². The third-order valence-electron chi connectivity index (χ3n) is 4.80. The highest BCUT2D eigenvalue weighted by atomic mass is 19.1. The molecular weight excluding hydrogens is 255 g/mol. The van der Waals surface area contributed by atoms with Gasteiger partial charge in [-0.2, -0.15) is 0 Å². The summed E-state index contributed by atoms with van der Waals surface area (Å²) in [6.45, 7) is 1.78. The molecule has 112 valence electrons. The number of hydrogen-bond acceptors (Lipinski definition) is 2. The first-order valence-corrected chi connectivity index (χ1v) is 7.70. The molecule has 1 aliphatic rings. The van der Waals surface area contributed by atoms with Crippen LogP contribution in [0.25, 0.3) is 0 Å². The summed E-state index contributed by atoms with van der Waals surface area (Å²) < 4.78 is 14.1. The average molecular weight is 280 g/mol. The van der Waals surface area contributed by atoms with Crippen LogP contribution in [0.2, 0.25) is 0 Å². The summed E-state index contributed by atoms with van der Waals surface area (Å²) in [4.78, 5) is 0. The summed E-state index contributed by atoms with van der Waals surface area (Å²) in [6, 6.07) is 5.30. The van der Waals surface area contributed by atoms with E-state index < -0.39 is 5.92 Å². The molecule has 0 saturated heterocycles. The van der Waals surface area contributed by atoms with Gasteiger partial charge in [-0.1, -0.05) is 25.5 Å². The fourth-order valence-electron chi connectivity index (χ4n) is 3.29. The van der Waals surface area contributed by atoms with Crippen LogP contribution >= 0.6 is 0 Å². The van der Waals surface area contributed by atoms with Crippen molar-refractivity contribution in [2.45, 2.75) is 50.9 Å². The Morgan fingerprint density at radius 2 is 1.80 bits per heavy atom. The van der Waals surface area contributed by atoms with E-state index in [0.717, 1.165) is 24.3 Å². The molecule has 0 amide bonds. The first-order valence-electron chi connectivity index (χ1n) is 7.70. The van der Waals surface area contributed by atoms with E-state index in [-0.39, 0.29) is 19.0 Å². The van der Waals surface area contributed by atoms with Gasteiger partial charge in [0.2, 0.25) is 0 Å². The minimum absolute atomic E-state index is 0.228. The Morgan fingerprint density at radius 1 is 1.15 bits per heavy atom. The average Bonchev–Trinajstić information content (AvgIpc) is 2.50. The Kier molecular flexibility index (Phi) is 5.55. The Hall–Kier alpha value is -0.930. The Balaban J connectivity index is 2.09. The summed E-state index contributed by atoms with van der Waals surface area (Å²) in [5.41, 5.74) is 1.48. The standard InChI is InChI=1S/C17H25FO2/c1-2-12-3-5-13(6-4-12)14-7-8-16(17(18)9-14)15(10-19)11-20/h7-9,12-13,15,19-20H,2-6,10-11H2,1H3. The van der Waals surface area contributed by atoms with Crippen molar-refractivity contribution >= 4 is 0 Å². The molecule has 2 N–H and O–H groups in total. The summed E-state index contributed by atoms with van der Waals surface area (Å²) >= 11 is 0.